The molecule has 0 radical (unpaired) electrons. The van der Waals surface area contributed by atoms with E-state index in [1.165, 1.54) is 0 Å². The van der Waals surface area contributed by atoms with E-state index in [0.29, 0.717) is 0 Å². The number of nitrogens with two attached hydrogens (primary N) is 1. The summed E-state index contributed by atoms with van der Waals surface area (Å²) in [7, 11) is 0. The molecule has 1 heterocycles. The molecule has 0 saturated carbocycles. The van der Waals surface area contributed by atoms with Gasteiger partial charge in [-0.2, -0.15) is 17.6 Å². The zero-order chi connectivity index (χ0) is 11.6. The average Bonchev–Trinajstić information content (AvgIpc) is 2.10. The molecule has 0 aromatic carbocycles. The van der Waals surface area contributed by atoms with Gasteiger partial charge in [-0.3, -0.25) is 0 Å². The lowest BCUT2D eigenvalue weighted by molar-refractivity contribution is -0.253. The van der Waals surface area contributed by atoms with Crippen molar-refractivity contribution in [3.63, 3.8) is 0 Å². The van der Waals surface area contributed by atoms with E-state index in [1.807, 2.05) is 0 Å². The van der Waals surface area contributed by atoms with Crippen LogP contribution in [0.5, 0.6) is 5.75 Å². The second-order valence-corrected chi connectivity index (χ2v) is 3.36. The van der Waals surface area contributed by atoms with Crippen molar-refractivity contribution in [2.75, 3.05) is 5.73 Å². The van der Waals surface area contributed by atoms with E-state index in [1.54, 1.807) is 0 Å². The Hall–Kier alpha value is -1.05. The summed E-state index contributed by atoms with van der Waals surface area (Å²) in [6, 6.07) is 1.03. The SMILES string of the molecule is Nc1ncc(OC(F)(F)C(F)F)cc1Br. The molecule has 2 N–H and O–H groups in total. The molecule has 1 rings (SSSR count). The minimum absolute atomic E-state index is 0.0442. The molecule has 15 heavy (non-hydrogen) atoms. The van der Waals surface area contributed by atoms with E-state index in [0.717, 1.165) is 12.3 Å². The fourth-order valence-corrected chi connectivity index (χ4v) is 1.02. The van der Waals surface area contributed by atoms with Gasteiger partial charge in [0.1, 0.15) is 11.6 Å². The number of nitrogens with zero attached hydrogens (tertiary/aromatic N) is 1. The first-order chi connectivity index (χ1) is 6.83. The normalized spacial score (nSPS) is 11.9. The molecule has 0 atom stereocenters. The van der Waals surface area contributed by atoms with Crippen molar-refractivity contribution in [2.45, 2.75) is 12.5 Å². The highest BCUT2D eigenvalue weighted by molar-refractivity contribution is 9.10. The van der Waals surface area contributed by atoms with Crippen LogP contribution in [-0.2, 0) is 0 Å². The molecular formula is C7H5BrF4N2O. The standard InChI is InChI=1S/C7H5BrF4N2O/c8-4-1-3(2-14-5(4)13)15-7(11,12)6(9)10/h1-2,6H,(H2,13,14). The van der Waals surface area contributed by atoms with Crippen LogP contribution in [0.25, 0.3) is 0 Å². The number of alkyl halides is 4. The molecule has 0 amide bonds. The smallest absolute Gasteiger partial charge is 0.427 e. The summed E-state index contributed by atoms with van der Waals surface area (Å²) in [6.45, 7) is 0. The van der Waals surface area contributed by atoms with Gasteiger partial charge in [-0.15, -0.1) is 0 Å². The monoisotopic (exact) mass is 288 g/mol. The Morgan fingerprint density at radius 1 is 1.47 bits per heavy atom. The highest BCUT2D eigenvalue weighted by Crippen LogP contribution is 2.29. The Morgan fingerprint density at radius 2 is 2.07 bits per heavy atom. The van der Waals surface area contributed by atoms with Gasteiger partial charge in [-0.05, 0) is 22.0 Å². The van der Waals surface area contributed by atoms with Crippen molar-refractivity contribution < 1.29 is 22.3 Å². The first kappa shape index (κ1) is 12.0. The molecule has 0 aliphatic rings. The second kappa shape index (κ2) is 4.21. The molecule has 0 saturated heterocycles. The van der Waals surface area contributed by atoms with Crippen LogP contribution >= 0.6 is 15.9 Å². The average molecular weight is 289 g/mol. The summed E-state index contributed by atoms with van der Waals surface area (Å²) in [6.07, 6.45) is -7.62. The number of hydrogen-bond acceptors (Lipinski definition) is 3. The van der Waals surface area contributed by atoms with E-state index in [4.69, 9.17) is 5.73 Å². The minimum atomic E-state index is -4.54. The second-order valence-electron chi connectivity index (χ2n) is 2.50. The Labute approximate surface area is 90.4 Å². The third-order valence-corrected chi connectivity index (χ3v) is 1.99. The van der Waals surface area contributed by atoms with Gasteiger partial charge >= 0.3 is 12.5 Å². The van der Waals surface area contributed by atoms with Gasteiger partial charge in [0.15, 0.2) is 0 Å². The minimum Gasteiger partial charge on any atom is -0.427 e. The molecule has 1 aromatic heterocycles. The maximum Gasteiger partial charge on any atom is 0.461 e. The maximum atomic E-state index is 12.4. The van der Waals surface area contributed by atoms with Crippen molar-refractivity contribution in [3.05, 3.63) is 16.7 Å². The summed E-state index contributed by atoms with van der Waals surface area (Å²) in [5.41, 5.74) is 5.26. The van der Waals surface area contributed by atoms with Crippen LogP contribution < -0.4 is 10.5 Å². The van der Waals surface area contributed by atoms with Crippen LogP contribution in [0.2, 0.25) is 0 Å². The largest absolute Gasteiger partial charge is 0.461 e. The Kier molecular flexibility index (Phi) is 3.38. The van der Waals surface area contributed by atoms with Crippen LogP contribution in [-0.4, -0.2) is 17.5 Å². The van der Waals surface area contributed by atoms with Crippen molar-refractivity contribution in [1.29, 1.82) is 0 Å². The molecular weight excluding hydrogens is 284 g/mol. The van der Waals surface area contributed by atoms with Gasteiger partial charge < -0.3 is 10.5 Å². The van der Waals surface area contributed by atoms with Crippen LogP contribution in [0.3, 0.4) is 0 Å². The zero-order valence-corrected chi connectivity index (χ0v) is 8.64. The number of hydrogen-bond donors (Lipinski definition) is 1. The third-order valence-electron chi connectivity index (χ3n) is 1.35. The number of ether oxygens (including phenoxy) is 1. The van der Waals surface area contributed by atoms with E-state index >= 15 is 0 Å². The Bertz CT molecular complexity index is 361. The quantitative estimate of drug-likeness (QED) is 0.870. The highest BCUT2D eigenvalue weighted by Gasteiger charge is 2.44. The number of nitrogen functional groups attached to an aromatic ring is 1. The Morgan fingerprint density at radius 3 is 2.53 bits per heavy atom. The lowest BCUT2D eigenvalue weighted by atomic mass is 10.4. The van der Waals surface area contributed by atoms with Gasteiger partial charge in [0.2, 0.25) is 0 Å². The lowest BCUT2D eigenvalue weighted by Gasteiger charge is -2.16. The number of anilines is 1. The predicted molar refractivity (Wildman–Crippen MR) is 47.9 cm³/mol. The topological polar surface area (TPSA) is 48.1 Å². The summed E-state index contributed by atoms with van der Waals surface area (Å²) >= 11 is 2.89. The van der Waals surface area contributed by atoms with Crippen LogP contribution in [0.1, 0.15) is 0 Å². The number of halogens is 5. The number of aromatic nitrogens is 1. The highest BCUT2D eigenvalue weighted by atomic mass is 79.9. The van der Waals surface area contributed by atoms with Crippen LogP contribution in [0, 0.1) is 0 Å². The van der Waals surface area contributed by atoms with Crippen molar-refractivity contribution in [3.8, 4) is 5.75 Å². The summed E-state index contributed by atoms with van der Waals surface area (Å²) in [4.78, 5) is 3.45. The molecule has 0 spiro atoms. The zero-order valence-electron chi connectivity index (χ0n) is 7.05. The van der Waals surface area contributed by atoms with Crippen LogP contribution in [0.15, 0.2) is 16.7 Å². The number of rotatable bonds is 3. The van der Waals surface area contributed by atoms with E-state index in [9.17, 15) is 17.6 Å². The number of pyridine rings is 1. The molecule has 0 fully saturated rings. The van der Waals surface area contributed by atoms with Crippen molar-refractivity contribution in [2.24, 2.45) is 0 Å². The molecule has 8 heteroatoms. The third kappa shape index (κ3) is 2.95. The maximum absolute atomic E-state index is 12.4. The molecule has 84 valence electrons. The summed E-state index contributed by atoms with van der Waals surface area (Å²) < 4.78 is 52.3. The molecule has 1 aromatic rings. The van der Waals surface area contributed by atoms with E-state index in [-0.39, 0.29) is 10.3 Å². The first-order valence-electron chi connectivity index (χ1n) is 3.59. The molecule has 3 nitrogen and oxygen atoms in total. The van der Waals surface area contributed by atoms with Crippen LogP contribution in [0.4, 0.5) is 23.4 Å². The molecule has 0 bridgehead atoms. The van der Waals surface area contributed by atoms with Gasteiger partial charge in [0, 0.05) is 0 Å². The molecule has 0 unspecified atom stereocenters. The van der Waals surface area contributed by atoms with E-state index < -0.39 is 18.3 Å². The van der Waals surface area contributed by atoms with Gasteiger partial charge in [-0.1, -0.05) is 0 Å². The lowest BCUT2D eigenvalue weighted by Crippen LogP contribution is -2.33. The Balaban J connectivity index is 2.86. The fraction of sp³-hybridized carbons (Fsp3) is 0.286. The fourth-order valence-electron chi connectivity index (χ4n) is 0.688. The summed E-state index contributed by atoms with van der Waals surface area (Å²) in [5, 5.41) is 0. The van der Waals surface area contributed by atoms with E-state index in [2.05, 4.69) is 25.7 Å². The molecule has 0 aliphatic heterocycles. The van der Waals surface area contributed by atoms with Crippen molar-refractivity contribution in [1.82, 2.24) is 4.98 Å². The van der Waals surface area contributed by atoms with Gasteiger partial charge in [0.05, 0.1) is 10.7 Å². The van der Waals surface area contributed by atoms with Gasteiger partial charge in [-0.25, -0.2) is 4.98 Å². The van der Waals surface area contributed by atoms with Gasteiger partial charge in [0.25, 0.3) is 0 Å². The predicted octanol–water partition coefficient (Wildman–Crippen LogP) is 2.66. The molecule has 0 aliphatic carbocycles. The summed E-state index contributed by atoms with van der Waals surface area (Å²) in [5.74, 6) is -0.455. The first-order valence-corrected chi connectivity index (χ1v) is 4.38. The van der Waals surface area contributed by atoms with Crippen molar-refractivity contribution >= 4 is 21.7 Å².